The average Bonchev–Trinajstić information content (AvgIpc) is 1.89. The zero-order valence-electron chi connectivity index (χ0n) is 6.79. The van der Waals surface area contributed by atoms with Crippen LogP contribution < -0.4 is 5.73 Å². The number of carbonyl (C=O) groups is 1. The molecule has 0 aliphatic carbocycles. The van der Waals surface area contributed by atoms with Crippen molar-refractivity contribution in [2.45, 2.75) is 6.92 Å². The molecule has 3 heteroatoms. The van der Waals surface area contributed by atoms with Crippen molar-refractivity contribution in [3.8, 4) is 0 Å². The van der Waals surface area contributed by atoms with E-state index in [1.807, 2.05) is 32.5 Å². The molecule has 1 amide bonds. The number of amides is 1. The third-order valence-corrected chi connectivity index (χ3v) is 0.718. The molecule has 2 N–H and O–H groups in total. The van der Waals surface area contributed by atoms with Gasteiger partial charge in [0.05, 0.1) is 0 Å². The van der Waals surface area contributed by atoms with Gasteiger partial charge >= 0.3 is 0 Å². The summed E-state index contributed by atoms with van der Waals surface area (Å²) in [6.07, 6.45) is 1.06. The lowest BCUT2D eigenvalue weighted by molar-refractivity contribution is -0.113. The summed E-state index contributed by atoms with van der Waals surface area (Å²) in [7, 11) is 4.00. The first-order chi connectivity index (χ1) is 4.54. The molecule has 0 bridgehead atoms. The van der Waals surface area contributed by atoms with E-state index in [4.69, 9.17) is 0 Å². The lowest BCUT2D eigenvalue weighted by atomic mass is 10.6. The van der Waals surface area contributed by atoms with Gasteiger partial charge in [-0.25, -0.2) is 0 Å². The van der Waals surface area contributed by atoms with E-state index in [2.05, 4.69) is 12.3 Å². The van der Waals surface area contributed by atoms with Crippen molar-refractivity contribution in [2.75, 3.05) is 14.1 Å². The Morgan fingerprint density at radius 1 is 1.60 bits per heavy atom. The molecule has 0 unspecified atom stereocenters. The van der Waals surface area contributed by atoms with Gasteiger partial charge in [-0.2, -0.15) is 0 Å². The molecule has 0 spiro atoms. The van der Waals surface area contributed by atoms with Crippen molar-refractivity contribution in [2.24, 2.45) is 5.73 Å². The van der Waals surface area contributed by atoms with Gasteiger partial charge in [-0.15, -0.1) is 0 Å². The molecular weight excluding hydrogens is 128 g/mol. The average molecular weight is 143 g/mol. The van der Waals surface area contributed by atoms with E-state index in [-0.39, 0.29) is 0 Å². The first-order valence-corrected chi connectivity index (χ1v) is 2.92. The van der Waals surface area contributed by atoms with E-state index in [0.29, 0.717) is 0 Å². The third kappa shape index (κ3) is 27.2. The number of rotatable bonds is 2. The second kappa shape index (κ2) is 8.17. The van der Waals surface area contributed by atoms with E-state index >= 15 is 0 Å². The molecule has 0 rings (SSSR count). The number of hydrogen-bond acceptors (Lipinski definition) is 2. The Kier molecular flexibility index (Phi) is 9.73. The van der Waals surface area contributed by atoms with Crippen molar-refractivity contribution in [3.63, 3.8) is 0 Å². The molecule has 0 aromatic rings. The Morgan fingerprint density at radius 3 is 1.80 bits per heavy atom. The summed E-state index contributed by atoms with van der Waals surface area (Å²) < 4.78 is 0. The molecule has 0 aromatic carbocycles. The lowest BCUT2D eigenvalue weighted by Gasteiger charge is -1.99. The minimum absolute atomic E-state index is 0.481. The summed E-state index contributed by atoms with van der Waals surface area (Å²) in [5, 5.41) is 0. The van der Waals surface area contributed by atoms with Gasteiger partial charge in [0.15, 0.2) is 0 Å². The molecule has 0 fully saturated rings. The van der Waals surface area contributed by atoms with Gasteiger partial charge in [-0.1, -0.05) is 6.58 Å². The minimum Gasteiger partial charge on any atom is -0.366 e. The van der Waals surface area contributed by atoms with Crippen LogP contribution in [0.1, 0.15) is 6.92 Å². The molecule has 0 aliphatic rings. The highest BCUT2D eigenvalue weighted by atomic mass is 16.1. The third-order valence-electron chi connectivity index (χ3n) is 0.718. The monoisotopic (exact) mass is 143 g/mol. The van der Waals surface area contributed by atoms with Gasteiger partial charge < -0.3 is 10.6 Å². The van der Waals surface area contributed by atoms with Crippen molar-refractivity contribution >= 4 is 5.91 Å². The Morgan fingerprint density at radius 2 is 1.80 bits per heavy atom. The van der Waals surface area contributed by atoms with Crippen molar-refractivity contribution < 1.29 is 4.79 Å². The molecule has 59 valence electrons. The molecule has 0 aliphatic heterocycles. The fraction of sp³-hybridized carbons (Fsp3) is 0.429. The van der Waals surface area contributed by atoms with Crippen molar-refractivity contribution in [1.82, 2.24) is 4.90 Å². The quantitative estimate of drug-likeness (QED) is 0.568. The Balaban J connectivity index is 0. The summed E-state index contributed by atoms with van der Waals surface area (Å²) in [4.78, 5) is 11.5. The van der Waals surface area contributed by atoms with Crippen LogP contribution in [-0.2, 0) is 4.79 Å². The summed E-state index contributed by atoms with van der Waals surface area (Å²) in [5.74, 6) is -0.481. The zero-order valence-corrected chi connectivity index (χ0v) is 6.79. The molecule has 10 heavy (non-hydrogen) atoms. The van der Waals surface area contributed by atoms with Crippen LogP contribution in [0, 0.1) is 6.54 Å². The van der Waals surface area contributed by atoms with E-state index in [1.165, 1.54) is 0 Å². The fourth-order valence-corrected chi connectivity index (χ4v) is 0. The van der Waals surface area contributed by atoms with Crippen LogP contribution in [0.15, 0.2) is 12.7 Å². The smallest absolute Gasteiger partial charge is 0.240 e. The van der Waals surface area contributed by atoms with Crippen LogP contribution in [0.25, 0.3) is 0 Å². The predicted molar refractivity (Wildman–Crippen MR) is 43.1 cm³/mol. The van der Waals surface area contributed by atoms with E-state index < -0.39 is 5.91 Å². The van der Waals surface area contributed by atoms with Crippen molar-refractivity contribution in [3.05, 3.63) is 19.2 Å². The highest BCUT2D eigenvalue weighted by molar-refractivity contribution is 5.84. The highest BCUT2D eigenvalue weighted by Gasteiger charge is 1.73. The second-order valence-electron chi connectivity index (χ2n) is 1.83. The first kappa shape index (κ1) is 11.9. The fourth-order valence-electron chi connectivity index (χ4n) is 0. The van der Waals surface area contributed by atoms with Crippen LogP contribution in [0.3, 0.4) is 0 Å². The molecular formula is C7H15N2O. The Bertz CT molecular complexity index is 99.8. The molecule has 1 radical (unpaired) electrons. The maximum atomic E-state index is 9.47. The normalized spacial score (nSPS) is 8.00. The van der Waals surface area contributed by atoms with Gasteiger partial charge in [-0.05, 0) is 27.1 Å². The highest BCUT2D eigenvalue weighted by Crippen LogP contribution is 1.72. The lowest BCUT2D eigenvalue weighted by Crippen LogP contribution is -2.04. The summed E-state index contributed by atoms with van der Waals surface area (Å²) >= 11 is 0. The molecule has 3 nitrogen and oxygen atoms in total. The molecule has 0 saturated heterocycles. The first-order valence-electron chi connectivity index (χ1n) is 2.92. The van der Waals surface area contributed by atoms with E-state index in [1.54, 1.807) is 0 Å². The van der Waals surface area contributed by atoms with Gasteiger partial charge in [0, 0.05) is 6.54 Å². The Labute approximate surface area is 62.5 Å². The molecule has 0 saturated carbocycles. The molecule has 0 aromatic heterocycles. The van der Waals surface area contributed by atoms with Gasteiger partial charge in [-0.3, -0.25) is 4.79 Å². The summed E-state index contributed by atoms with van der Waals surface area (Å²) in [6, 6.07) is 0. The number of nitrogens with zero attached hydrogens (tertiary/aromatic N) is 1. The standard InChI is InChI=1S/C4H10N.C3H5NO/c1-4-5(2)3;1-2-3(4)5/h4H,1-3H3;2H,1H2,(H2,4,5). The van der Waals surface area contributed by atoms with E-state index in [9.17, 15) is 4.79 Å². The number of hydrogen-bond donors (Lipinski definition) is 1. The topological polar surface area (TPSA) is 46.3 Å². The van der Waals surface area contributed by atoms with Crippen LogP contribution in [0.5, 0.6) is 0 Å². The van der Waals surface area contributed by atoms with Crippen LogP contribution in [0.4, 0.5) is 0 Å². The zero-order chi connectivity index (χ0) is 8.57. The predicted octanol–water partition coefficient (Wildman–Crippen LogP) is 0.387. The minimum atomic E-state index is -0.481. The Hall–Kier alpha value is -0.830. The van der Waals surface area contributed by atoms with Gasteiger partial charge in [0.1, 0.15) is 0 Å². The number of carbonyl (C=O) groups excluding carboxylic acids is 1. The maximum absolute atomic E-state index is 9.47. The number of nitrogens with two attached hydrogens (primary N) is 1. The van der Waals surface area contributed by atoms with E-state index in [0.717, 1.165) is 6.08 Å². The largest absolute Gasteiger partial charge is 0.366 e. The van der Waals surface area contributed by atoms with Crippen molar-refractivity contribution in [1.29, 1.82) is 0 Å². The molecule has 0 atom stereocenters. The van der Waals surface area contributed by atoms with Crippen LogP contribution in [0.2, 0.25) is 0 Å². The summed E-state index contributed by atoms with van der Waals surface area (Å²) in [6.45, 7) is 7.09. The van der Waals surface area contributed by atoms with Gasteiger partial charge in [0.25, 0.3) is 0 Å². The second-order valence-corrected chi connectivity index (χ2v) is 1.83. The van der Waals surface area contributed by atoms with Crippen LogP contribution in [-0.4, -0.2) is 24.9 Å². The summed E-state index contributed by atoms with van der Waals surface area (Å²) in [5.41, 5.74) is 4.53. The SMILES string of the molecule is C=CC(N)=O.C[CH]N(C)C. The van der Waals surface area contributed by atoms with Gasteiger partial charge in [0.2, 0.25) is 5.91 Å². The molecule has 0 heterocycles. The number of primary amides is 1. The van der Waals surface area contributed by atoms with Crippen LogP contribution >= 0.6 is 0 Å². The maximum Gasteiger partial charge on any atom is 0.240 e.